The lowest BCUT2D eigenvalue weighted by Gasteiger charge is -2.35. The molecular formula is C24H24N4O3S. The molecular weight excluding hydrogens is 424 g/mol. The molecule has 0 atom stereocenters. The standard InChI is InChI=1S/C24H24N4O3S/c29-22(10-11-28-24(30)31-23(25-28)21-9-4-16-32-21)27-14-12-26(13-15-27)17-19-7-3-6-18-5-1-2-8-20(18)19/h1-9,16H,10-15,17H2. The molecule has 0 saturated carbocycles. The summed E-state index contributed by atoms with van der Waals surface area (Å²) in [5.41, 5.74) is 1.31. The van der Waals surface area contributed by atoms with Gasteiger partial charge in [0.1, 0.15) is 0 Å². The number of thiophene rings is 1. The maximum Gasteiger partial charge on any atom is 0.437 e. The van der Waals surface area contributed by atoms with Crippen molar-refractivity contribution >= 4 is 28.0 Å². The van der Waals surface area contributed by atoms with Crippen LogP contribution in [0, 0.1) is 0 Å². The summed E-state index contributed by atoms with van der Waals surface area (Å²) in [5.74, 6) is -0.178. The zero-order valence-corrected chi connectivity index (χ0v) is 18.5. The molecule has 1 amide bonds. The van der Waals surface area contributed by atoms with E-state index in [9.17, 15) is 9.59 Å². The second-order valence-corrected chi connectivity index (χ2v) is 8.87. The Kier molecular flexibility index (Phi) is 5.87. The van der Waals surface area contributed by atoms with Gasteiger partial charge in [-0.3, -0.25) is 9.69 Å². The van der Waals surface area contributed by atoms with Gasteiger partial charge in [-0.2, -0.15) is 4.68 Å². The Bertz CT molecular complexity index is 1260. The number of benzene rings is 2. The Labute approximate surface area is 189 Å². The Morgan fingerprint density at radius 3 is 2.62 bits per heavy atom. The minimum Gasteiger partial charge on any atom is -0.387 e. The number of piperazine rings is 1. The van der Waals surface area contributed by atoms with Crippen LogP contribution in [0.4, 0.5) is 0 Å². The van der Waals surface area contributed by atoms with E-state index in [2.05, 4.69) is 52.5 Å². The van der Waals surface area contributed by atoms with E-state index in [-0.39, 0.29) is 18.9 Å². The smallest absolute Gasteiger partial charge is 0.387 e. The fraction of sp³-hybridized carbons (Fsp3) is 0.292. The van der Waals surface area contributed by atoms with E-state index < -0.39 is 5.76 Å². The molecule has 7 nitrogen and oxygen atoms in total. The van der Waals surface area contributed by atoms with Gasteiger partial charge in [0.05, 0.1) is 11.4 Å². The average molecular weight is 449 g/mol. The van der Waals surface area contributed by atoms with E-state index in [4.69, 9.17) is 4.42 Å². The first kappa shape index (κ1) is 20.7. The van der Waals surface area contributed by atoms with Crippen LogP contribution in [-0.2, 0) is 17.9 Å². The van der Waals surface area contributed by atoms with Crippen molar-refractivity contribution in [3.8, 4) is 10.8 Å². The van der Waals surface area contributed by atoms with E-state index in [1.807, 2.05) is 22.4 Å². The van der Waals surface area contributed by atoms with Gasteiger partial charge in [0.25, 0.3) is 5.89 Å². The highest BCUT2D eigenvalue weighted by Gasteiger charge is 2.22. The summed E-state index contributed by atoms with van der Waals surface area (Å²) in [6.45, 7) is 4.16. The molecule has 1 aliphatic rings. The molecule has 5 rings (SSSR count). The molecule has 0 bridgehead atoms. The number of carbonyl (C=O) groups excluding carboxylic acids is 1. The fourth-order valence-corrected chi connectivity index (χ4v) is 4.78. The first-order valence-electron chi connectivity index (χ1n) is 10.8. The molecule has 0 unspecified atom stereocenters. The molecule has 0 spiro atoms. The lowest BCUT2D eigenvalue weighted by Crippen LogP contribution is -2.48. The van der Waals surface area contributed by atoms with Crippen LogP contribution in [0.1, 0.15) is 12.0 Å². The van der Waals surface area contributed by atoms with E-state index in [1.54, 1.807) is 0 Å². The van der Waals surface area contributed by atoms with Crippen molar-refractivity contribution in [2.45, 2.75) is 19.5 Å². The number of carbonyl (C=O) groups is 1. The van der Waals surface area contributed by atoms with E-state index in [1.165, 1.54) is 32.4 Å². The van der Waals surface area contributed by atoms with E-state index in [0.29, 0.717) is 19.0 Å². The summed E-state index contributed by atoms with van der Waals surface area (Å²) >= 11 is 1.46. The summed E-state index contributed by atoms with van der Waals surface area (Å²) in [7, 11) is 0. The van der Waals surface area contributed by atoms with Crippen molar-refractivity contribution in [2.24, 2.45) is 0 Å². The number of aryl methyl sites for hydroxylation is 1. The predicted molar refractivity (Wildman–Crippen MR) is 124 cm³/mol. The van der Waals surface area contributed by atoms with Crippen molar-refractivity contribution in [2.75, 3.05) is 26.2 Å². The van der Waals surface area contributed by atoms with Gasteiger partial charge in [-0.1, -0.05) is 48.5 Å². The molecule has 3 heterocycles. The number of amides is 1. The van der Waals surface area contributed by atoms with Gasteiger partial charge in [-0.25, -0.2) is 4.79 Å². The van der Waals surface area contributed by atoms with Gasteiger partial charge >= 0.3 is 5.76 Å². The van der Waals surface area contributed by atoms with Crippen LogP contribution in [0.15, 0.2) is 69.2 Å². The van der Waals surface area contributed by atoms with Crippen LogP contribution < -0.4 is 5.76 Å². The molecule has 0 N–H and O–H groups in total. The highest BCUT2D eigenvalue weighted by atomic mass is 32.1. The van der Waals surface area contributed by atoms with Crippen molar-refractivity contribution in [3.63, 3.8) is 0 Å². The van der Waals surface area contributed by atoms with Gasteiger partial charge in [0.15, 0.2) is 0 Å². The summed E-state index contributed by atoms with van der Waals surface area (Å²) in [6, 6.07) is 18.6. The summed E-state index contributed by atoms with van der Waals surface area (Å²) in [5, 5.41) is 8.66. The summed E-state index contributed by atoms with van der Waals surface area (Å²) in [6.07, 6.45) is 0.236. The third-order valence-corrected chi connectivity index (χ3v) is 6.73. The lowest BCUT2D eigenvalue weighted by molar-refractivity contribution is -0.133. The minimum atomic E-state index is -0.527. The van der Waals surface area contributed by atoms with E-state index in [0.717, 1.165) is 24.5 Å². The second kappa shape index (κ2) is 9.10. The number of hydrogen-bond acceptors (Lipinski definition) is 6. The van der Waals surface area contributed by atoms with Crippen molar-refractivity contribution in [1.29, 1.82) is 0 Å². The minimum absolute atomic E-state index is 0.0439. The first-order chi connectivity index (χ1) is 15.7. The van der Waals surface area contributed by atoms with Crippen LogP contribution in [0.5, 0.6) is 0 Å². The zero-order valence-electron chi connectivity index (χ0n) is 17.6. The Balaban J connectivity index is 1.14. The van der Waals surface area contributed by atoms with Gasteiger partial charge in [-0.05, 0) is 27.8 Å². The van der Waals surface area contributed by atoms with Crippen LogP contribution in [0.25, 0.3) is 21.5 Å². The lowest BCUT2D eigenvalue weighted by atomic mass is 10.0. The topological polar surface area (TPSA) is 71.6 Å². The molecule has 164 valence electrons. The van der Waals surface area contributed by atoms with Crippen LogP contribution in [-0.4, -0.2) is 51.7 Å². The normalized spacial score (nSPS) is 14.8. The molecule has 1 fully saturated rings. The molecule has 2 aromatic heterocycles. The van der Waals surface area contributed by atoms with Crippen molar-refractivity contribution in [1.82, 2.24) is 19.6 Å². The largest absolute Gasteiger partial charge is 0.437 e. The van der Waals surface area contributed by atoms with Crippen molar-refractivity contribution < 1.29 is 9.21 Å². The molecule has 4 aromatic rings. The number of hydrogen-bond donors (Lipinski definition) is 0. The molecule has 0 aliphatic carbocycles. The van der Waals surface area contributed by atoms with Gasteiger partial charge < -0.3 is 9.32 Å². The Morgan fingerprint density at radius 1 is 1.00 bits per heavy atom. The van der Waals surface area contributed by atoms with Crippen LogP contribution in [0.3, 0.4) is 0 Å². The van der Waals surface area contributed by atoms with Crippen molar-refractivity contribution in [3.05, 3.63) is 76.1 Å². The number of nitrogens with zero attached hydrogens (tertiary/aromatic N) is 4. The summed E-state index contributed by atoms with van der Waals surface area (Å²) in [4.78, 5) is 29.8. The number of fused-ring (bicyclic) bond motifs is 1. The first-order valence-corrected chi connectivity index (χ1v) is 11.6. The fourth-order valence-electron chi connectivity index (χ4n) is 4.13. The SMILES string of the molecule is O=C(CCn1nc(-c2cccs2)oc1=O)N1CCN(Cc2cccc3ccccc23)CC1. The molecule has 1 aliphatic heterocycles. The van der Waals surface area contributed by atoms with Gasteiger partial charge in [0, 0.05) is 39.1 Å². The monoisotopic (exact) mass is 448 g/mol. The van der Waals surface area contributed by atoms with Gasteiger partial charge in [-0.15, -0.1) is 16.4 Å². The van der Waals surface area contributed by atoms with Crippen LogP contribution in [0.2, 0.25) is 0 Å². The Hall–Kier alpha value is -3.23. The maximum atomic E-state index is 12.7. The zero-order chi connectivity index (χ0) is 21.9. The third-order valence-electron chi connectivity index (χ3n) is 5.87. The van der Waals surface area contributed by atoms with Crippen LogP contribution >= 0.6 is 11.3 Å². The predicted octanol–water partition coefficient (Wildman–Crippen LogP) is 3.45. The molecule has 1 saturated heterocycles. The quantitative estimate of drug-likeness (QED) is 0.452. The van der Waals surface area contributed by atoms with Gasteiger partial charge in [0.2, 0.25) is 5.91 Å². The molecule has 32 heavy (non-hydrogen) atoms. The Morgan fingerprint density at radius 2 is 1.81 bits per heavy atom. The molecule has 8 heteroatoms. The second-order valence-electron chi connectivity index (χ2n) is 7.92. The number of aromatic nitrogens is 2. The summed E-state index contributed by atoms with van der Waals surface area (Å²) < 4.78 is 6.45. The highest BCUT2D eigenvalue weighted by molar-refractivity contribution is 7.13. The number of rotatable bonds is 6. The molecule has 2 aromatic carbocycles. The molecule has 0 radical (unpaired) electrons. The average Bonchev–Trinajstić information content (AvgIpc) is 3.48. The highest BCUT2D eigenvalue weighted by Crippen LogP contribution is 2.22. The third kappa shape index (κ3) is 4.37. The van der Waals surface area contributed by atoms with E-state index >= 15 is 0 Å². The maximum absolute atomic E-state index is 12.7.